The predicted molar refractivity (Wildman–Crippen MR) is 343 cm³/mol. The van der Waals surface area contributed by atoms with Gasteiger partial charge < -0.3 is 49.1 Å². The van der Waals surface area contributed by atoms with Crippen molar-refractivity contribution in [2.75, 3.05) is 112 Å². The van der Waals surface area contributed by atoms with E-state index in [0.29, 0.717) is 93.0 Å². The third-order valence-electron chi connectivity index (χ3n) is 20.6. The van der Waals surface area contributed by atoms with E-state index in [9.17, 15) is 28.4 Å². The van der Waals surface area contributed by atoms with E-state index in [1.165, 1.54) is 23.3 Å². The molecule has 3 aromatic carbocycles. The number of nitro benzene ring substituents is 1. The Labute approximate surface area is 521 Å². The van der Waals surface area contributed by atoms with Crippen molar-refractivity contribution in [2.45, 2.75) is 132 Å². The molecule has 21 nitrogen and oxygen atoms in total. The summed E-state index contributed by atoms with van der Waals surface area (Å²) in [6, 6.07) is 24.6. The molecule has 474 valence electrons. The number of carbonyl (C=O) groups excluding carboxylic acids is 1. The molecule has 1 saturated carbocycles. The maximum atomic E-state index is 14.9. The van der Waals surface area contributed by atoms with Crippen molar-refractivity contribution < 1.29 is 42.2 Å². The maximum absolute atomic E-state index is 14.9. The Morgan fingerprint density at radius 3 is 2.40 bits per heavy atom. The highest BCUT2D eigenvalue weighted by molar-refractivity contribution is 7.90. The van der Waals surface area contributed by atoms with Crippen LogP contribution in [-0.2, 0) is 26.0 Å². The van der Waals surface area contributed by atoms with Crippen LogP contribution >= 0.6 is 0 Å². The molecule has 1 aliphatic carbocycles. The number of nitrogens with one attached hydrogen (secondary N) is 3. The Balaban J connectivity index is 0.733. The van der Waals surface area contributed by atoms with E-state index in [1.807, 2.05) is 43.6 Å². The number of H-pyrrole nitrogens is 1. The molecule has 3 aromatic heterocycles. The Hall–Kier alpha value is -7.08. The lowest BCUT2D eigenvalue weighted by Crippen LogP contribution is -2.54. The third-order valence-corrected chi connectivity index (χ3v) is 21.9. The van der Waals surface area contributed by atoms with Gasteiger partial charge in [-0.05, 0) is 167 Å². The van der Waals surface area contributed by atoms with Crippen molar-refractivity contribution in [3.05, 3.63) is 124 Å². The largest absolute Gasteiger partial charge is 0.493 e. The summed E-state index contributed by atoms with van der Waals surface area (Å²) in [5.41, 5.74) is 6.06. The molecule has 22 heteroatoms. The molecule has 4 N–H and O–H groups in total. The Bertz CT molecular complexity index is 3660. The van der Waals surface area contributed by atoms with Gasteiger partial charge in [-0.3, -0.25) is 24.7 Å². The zero-order valence-electron chi connectivity index (χ0n) is 51.7. The van der Waals surface area contributed by atoms with Gasteiger partial charge in [0.25, 0.3) is 21.6 Å². The zero-order valence-corrected chi connectivity index (χ0v) is 52.5. The summed E-state index contributed by atoms with van der Waals surface area (Å²) >= 11 is 0. The SMILES string of the molecule is COc1cc(CN2CC[C@@H](N3CCC4(CCN(c5ccc(C(=O)NS(=O)(=O)c6ccc(NC[C@H]7CC[C@](C)(O)CC7)c([N+](=O)[O-])c6)c(N6c7cc8cc[nH]c8nc7O[C@H]7COCC[C@@H]76)c5)CC4)CC3)[C@H](c3ccccc3C(C)C)C2)cnc1N1CCOCC1. The maximum Gasteiger partial charge on any atom is 0.293 e. The molecule has 4 atom stereocenters. The number of nitrogens with zero attached hydrogens (tertiary/aromatic N) is 8. The molecule has 5 saturated heterocycles. The average molecular weight is 1240 g/mol. The molecule has 9 heterocycles. The van der Waals surface area contributed by atoms with E-state index in [-0.39, 0.29) is 28.6 Å². The highest BCUT2D eigenvalue weighted by atomic mass is 32.2. The van der Waals surface area contributed by atoms with Crippen molar-refractivity contribution in [1.82, 2.24) is 29.5 Å². The lowest BCUT2D eigenvalue weighted by Gasteiger charge is -2.51. The summed E-state index contributed by atoms with van der Waals surface area (Å²) in [5, 5.41) is 26.9. The third kappa shape index (κ3) is 12.7. The molecule has 13 rings (SSSR count). The zero-order chi connectivity index (χ0) is 61.6. The molecule has 6 aromatic rings. The summed E-state index contributed by atoms with van der Waals surface area (Å²) in [6.07, 6.45) is 12.1. The predicted octanol–water partition coefficient (Wildman–Crippen LogP) is 9.74. The number of benzene rings is 3. The molecule has 89 heavy (non-hydrogen) atoms. The number of methoxy groups -OCH3 is 1. The van der Waals surface area contributed by atoms with Crippen molar-refractivity contribution in [1.29, 1.82) is 0 Å². The van der Waals surface area contributed by atoms with E-state index >= 15 is 0 Å². The quantitative estimate of drug-likeness (QED) is 0.0521. The lowest BCUT2D eigenvalue weighted by atomic mass is 9.70. The number of morpholine rings is 1. The second-order valence-electron chi connectivity index (χ2n) is 26.6. The number of sulfonamides is 1. The smallest absolute Gasteiger partial charge is 0.293 e. The molecule has 7 aliphatic rings. The first-order chi connectivity index (χ1) is 43.0. The van der Waals surface area contributed by atoms with Crippen molar-refractivity contribution in [3.63, 3.8) is 0 Å². The average Bonchev–Trinajstić information content (AvgIpc) is 1.95. The number of aliphatic hydroxyl groups is 1. The normalized spacial score (nSPS) is 25.1. The van der Waals surface area contributed by atoms with Crippen LogP contribution in [0.15, 0.2) is 96.2 Å². The first-order valence-electron chi connectivity index (χ1n) is 32.1. The van der Waals surface area contributed by atoms with Crippen LogP contribution < -0.4 is 34.2 Å². The molecule has 0 bridgehead atoms. The minimum Gasteiger partial charge on any atom is -0.493 e. The number of ether oxygens (including phenoxy) is 4. The monoisotopic (exact) mass is 1240 g/mol. The van der Waals surface area contributed by atoms with Crippen LogP contribution in [0.3, 0.4) is 0 Å². The lowest BCUT2D eigenvalue weighted by molar-refractivity contribution is -0.384. The van der Waals surface area contributed by atoms with Gasteiger partial charge in [0, 0.05) is 100 Å². The standard InChI is InChI=1S/C67H85N11O10S/c1-44(2)50-7-5-6-8-51(50)53-42-73(41-46-35-60(85-4)63(70-40-46)76-30-33-86-34-31-76)25-16-55(53)75-28-22-67(23-29-75)20-26-74(27-21-67)48-9-11-52(57(37-48)77-56-17-32-87-43-61(56)88-65-59(77)36-47-15-24-68-62(47)71-65)64(79)72-89(83,84)49-10-12-54(58(38-49)78(81)82)69-39-45-13-18-66(3,80)19-14-45/h5-12,15,24,35-38,40,44-45,53,55-56,61,69,80H,13-14,16-23,25-34,39,41-43H2,1-4H3,(H,68,71)(H,72,79)/t45-,53-,55+,56-,61-,66-/m0/s1. The fraction of sp³-hybridized carbons (Fsp3) is 0.537. The number of carbonyl (C=O) groups is 1. The Morgan fingerprint density at radius 2 is 1.64 bits per heavy atom. The number of nitro groups is 1. The minimum atomic E-state index is -4.65. The topological polar surface area (TPSA) is 233 Å². The number of hydrogen-bond acceptors (Lipinski definition) is 18. The first kappa shape index (κ1) is 60.8. The van der Waals surface area contributed by atoms with Gasteiger partial charge in [0.15, 0.2) is 11.6 Å². The van der Waals surface area contributed by atoms with Gasteiger partial charge in [-0.25, -0.2) is 18.1 Å². The number of likely N-dealkylation sites (tertiary alicyclic amines) is 2. The van der Waals surface area contributed by atoms with Gasteiger partial charge in [0.2, 0.25) is 5.88 Å². The van der Waals surface area contributed by atoms with Crippen LogP contribution in [0.5, 0.6) is 11.6 Å². The van der Waals surface area contributed by atoms with Crippen molar-refractivity contribution in [2.24, 2.45) is 11.3 Å². The number of fused-ring (bicyclic) bond motifs is 3. The van der Waals surface area contributed by atoms with Crippen LogP contribution in [0.2, 0.25) is 0 Å². The second-order valence-corrected chi connectivity index (χ2v) is 28.2. The van der Waals surface area contributed by atoms with E-state index in [1.54, 1.807) is 13.2 Å². The van der Waals surface area contributed by atoms with Crippen LogP contribution in [-0.4, -0.2) is 165 Å². The van der Waals surface area contributed by atoms with Gasteiger partial charge in [0.05, 0.1) is 59.6 Å². The van der Waals surface area contributed by atoms with Crippen LogP contribution in [0.4, 0.5) is 34.3 Å². The van der Waals surface area contributed by atoms with Gasteiger partial charge in [-0.15, -0.1) is 0 Å². The number of hydrogen-bond donors (Lipinski definition) is 4. The number of aromatic nitrogens is 3. The Kier molecular flexibility index (Phi) is 17.3. The van der Waals surface area contributed by atoms with Gasteiger partial charge in [0.1, 0.15) is 23.1 Å². The van der Waals surface area contributed by atoms with E-state index in [4.69, 9.17) is 28.9 Å². The number of aromatic amines is 1. The second kappa shape index (κ2) is 25.3. The van der Waals surface area contributed by atoms with E-state index in [0.717, 1.165) is 138 Å². The molecule has 6 fully saturated rings. The number of rotatable bonds is 16. The number of anilines is 5. The van der Waals surface area contributed by atoms with Crippen LogP contribution in [0.1, 0.15) is 124 Å². The minimum absolute atomic E-state index is 0.111. The summed E-state index contributed by atoms with van der Waals surface area (Å²) in [5.74, 6) is 2.11. The Morgan fingerprint density at radius 1 is 0.865 bits per heavy atom. The molecule has 1 amide bonds. The highest BCUT2D eigenvalue weighted by Crippen LogP contribution is 2.49. The first-order valence-corrected chi connectivity index (χ1v) is 33.6. The van der Waals surface area contributed by atoms with E-state index in [2.05, 4.69) is 83.7 Å². The molecule has 0 unspecified atom stereocenters. The van der Waals surface area contributed by atoms with Crippen molar-refractivity contribution in [3.8, 4) is 11.6 Å². The fourth-order valence-corrected chi connectivity index (χ4v) is 16.3. The van der Waals surface area contributed by atoms with Gasteiger partial charge in [-0.2, -0.15) is 4.98 Å². The van der Waals surface area contributed by atoms with Crippen LogP contribution in [0.25, 0.3) is 11.0 Å². The van der Waals surface area contributed by atoms with Gasteiger partial charge >= 0.3 is 0 Å². The van der Waals surface area contributed by atoms with E-state index < -0.39 is 43.1 Å². The molecule has 1 spiro atoms. The van der Waals surface area contributed by atoms with Gasteiger partial charge in [-0.1, -0.05) is 38.1 Å². The summed E-state index contributed by atoms with van der Waals surface area (Å²) in [6.45, 7) is 17.1. The fourth-order valence-electron chi connectivity index (χ4n) is 15.4. The molecular formula is C67H85N11O10S. The molecular weight excluding hydrogens is 1150 g/mol. The van der Waals surface area contributed by atoms with Crippen LogP contribution in [0, 0.1) is 21.4 Å². The summed E-state index contributed by atoms with van der Waals surface area (Å²) < 4.78 is 55.1. The number of amides is 1. The number of piperidine rings is 3. The van der Waals surface area contributed by atoms with Crippen molar-refractivity contribution >= 4 is 61.2 Å². The molecule has 6 aliphatic heterocycles. The summed E-state index contributed by atoms with van der Waals surface area (Å²) in [7, 11) is -2.91. The number of pyridine rings is 2. The molecule has 0 radical (unpaired) electrons. The highest BCUT2D eigenvalue weighted by Gasteiger charge is 2.45. The summed E-state index contributed by atoms with van der Waals surface area (Å²) in [4.78, 5) is 51.6.